The molecule has 1 aromatic heterocycles. The van der Waals surface area contributed by atoms with E-state index in [1.165, 1.54) is 24.2 Å². The number of anilines is 1. The number of amides is 1. The maximum atomic E-state index is 12.7. The van der Waals surface area contributed by atoms with E-state index in [1.807, 2.05) is 30.0 Å². The lowest BCUT2D eigenvalue weighted by Crippen LogP contribution is -2.32. The zero-order chi connectivity index (χ0) is 15.0. The molecule has 1 fully saturated rings. The first-order valence-corrected chi connectivity index (χ1v) is 8.11. The van der Waals surface area contributed by atoms with E-state index in [0.29, 0.717) is 16.5 Å². The van der Waals surface area contributed by atoms with Crippen LogP contribution in [0.5, 0.6) is 5.75 Å². The summed E-state index contributed by atoms with van der Waals surface area (Å²) in [5.74, 6) is 1.53. The molecule has 0 radical (unpaired) electrons. The standard InChI is InChI=1S/C16H20N2O2S/c1-3-18(9-10-4-5-10)16(19)15-14(17)12-7-6-11(20-2)8-13(12)21-15/h6-8,10H,3-5,9,17H2,1-2H3. The van der Waals surface area contributed by atoms with Crippen molar-refractivity contribution in [3.8, 4) is 5.75 Å². The van der Waals surface area contributed by atoms with Crippen LogP contribution in [0.15, 0.2) is 18.2 Å². The summed E-state index contributed by atoms with van der Waals surface area (Å²) in [5, 5.41) is 0.937. The van der Waals surface area contributed by atoms with E-state index in [1.54, 1.807) is 7.11 Å². The molecule has 2 N–H and O–H groups in total. The molecule has 112 valence electrons. The van der Waals surface area contributed by atoms with E-state index in [0.717, 1.165) is 28.9 Å². The average Bonchev–Trinajstić information content (AvgIpc) is 3.27. The van der Waals surface area contributed by atoms with Gasteiger partial charge in [-0.25, -0.2) is 0 Å². The number of thiophene rings is 1. The van der Waals surface area contributed by atoms with E-state index in [9.17, 15) is 4.79 Å². The van der Waals surface area contributed by atoms with Crippen molar-refractivity contribution in [1.29, 1.82) is 0 Å². The molecule has 1 aromatic carbocycles. The number of benzene rings is 1. The van der Waals surface area contributed by atoms with Crippen molar-refractivity contribution in [3.63, 3.8) is 0 Å². The first-order chi connectivity index (χ1) is 10.1. The molecule has 3 rings (SSSR count). The molecule has 1 saturated carbocycles. The molecule has 2 aromatic rings. The Balaban J connectivity index is 1.94. The Morgan fingerprint density at radius 1 is 1.48 bits per heavy atom. The van der Waals surface area contributed by atoms with Gasteiger partial charge in [0.05, 0.1) is 12.8 Å². The largest absolute Gasteiger partial charge is 0.497 e. The minimum Gasteiger partial charge on any atom is -0.497 e. The minimum atomic E-state index is 0.0575. The number of fused-ring (bicyclic) bond motifs is 1. The molecule has 0 aliphatic heterocycles. The Labute approximate surface area is 128 Å². The fraction of sp³-hybridized carbons (Fsp3) is 0.438. The van der Waals surface area contributed by atoms with Gasteiger partial charge in [-0.1, -0.05) is 0 Å². The molecule has 0 unspecified atom stereocenters. The summed E-state index contributed by atoms with van der Waals surface area (Å²) in [7, 11) is 1.64. The van der Waals surface area contributed by atoms with Gasteiger partial charge in [-0.3, -0.25) is 4.79 Å². The van der Waals surface area contributed by atoms with E-state index in [-0.39, 0.29) is 5.91 Å². The third kappa shape index (κ3) is 2.70. The molecule has 1 amide bonds. The van der Waals surface area contributed by atoms with Gasteiger partial charge in [0.1, 0.15) is 10.6 Å². The van der Waals surface area contributed by atoms with E-state index >= 15 is 0 Å². The number of nitrogens with zero attached hydrogens (tertiary/aromatic N) is 1. The van der Waals surface area contributed by atoms with E-state index < -0.39 is 0 Å². The highest BCUT2D eigenvalue weighted by Crippen LogP contribution is 2.37. The smallest absolute Gasteiger partial charge is 0.266 e. The molecule has 0 saturated heterocycles. The van der Waals surface area contributed by atoms with Crippen molar-refractivity contribution in [2.24, 2.45) is 5.92 Å². The van der Waals surface area contributed by atoms with Crippen LogP contribution in [0.4, 0.5) is 5.69 Å². The van der Waals surface area contributed by atoms with Gasteiger partial charge in [-0.05, 0) is 43.9 Å². The van der Waals surface area contributed by atoms with Crippen molar-refractivity contribution >= 4 is 33.0 Å². The van der Waals surface area contributed by atoms with Gasteiger partial charge in [0, 0.05) is 23.2 Å². The molecule has 1 aliphatic rings. The lowest BCUT2D eigenvalue weighted by Gasteiger charge is -2.20. The number of rotatable bonds is 5. The number of nitrogen functional groups attached to an aromatic ring is 1. The predicted octanol–water partition coefficient (Wildman–Crippen LogP) is 3.36. The van der Waals surface area contributed by atoms with Gasteiger partial charge < -0.3 is 15.4 Å². The van der Waals surface area contributed by atoms with Crippen molar-refractivity contribution in [3.05, 3.63) is 23.1 Å². The molecule has 5 heteroatoms. The Morgan fingerprint density at radius 3 is 2.86 bits per heavy atom. The number of methoxy groups -OCH3 is 1. The van der Waals surface area contributed by atoms with Gasteiger partial charge >= 0.3 is 0 Å². The van der Waals surface area contributed by atoms with Crippen LogP contribution in [0.1, 0.15) is 29.4 Å². The molecule has 0 atom stereocenters. The molecule has 4 nitrogen and oxygen atoms in total. The van der Waals surface area contributed by atoms with Crippen LogP contribution in [0.2, 0.25) is 0 Å². The summed E-state index contributed by atoms with van der Waals surface area (Å²) in [4.78, 5) is 15.3. The van der Waals surface area contributed by atoms with Crippen molar-refractivity contribution in [2.45, 2.75) is 19.8 Å². The second-order valence-electron chi connectivity index (χ2n) is 5.49. The number of hydrogen-bond donors (Lipinski definition) is 1. The minimum absolute atomic E-state index is 0.0575. The average molecular weight is 304 g/mol. The molecule has 0 spiro atoms. The first-order valence-electron chi connectivity index (χ1n) is 7.29. The Kier molecular flexibility index (Phi) is 3.76. The number of nitrogens with two attached hydrogens (primary N) is 1. The van der Waals surface area contributed by atoms with Gasteiger partial charge in [0.15, 0.2) is 0 Å². The van der Waals surface area contributed by atoms with Crippen molar-refractivity contribution < 1.29 is 9.53 Å². The zero-order valence-electron chi connectivity index (χ0n) is 12.4. The summed E-state index contributed by atoms with van der Waals surface area (Å²) in [5.41, 5.74) is 6.79. The van der Waals surface area contributed by atoms with Crippen LogP contribution < -0.4 is 10.5 Å². The summed E-state index contributed by atoms with van der Waals surface area (Å²) in [6.07, 6.45) is 2.48. The van der Waals surface area contributed by atoms with Crippen LogP contribution in [-0.4, -0.2) is 31.0 Å². The van der Waals surface area contributed by atoms with Crippen molar-refractivity contribution in [2.75, 3.05) is 25.9 Å². The lowest BCUT2D eigenvalue weighted by atomic mass is 10.2. The second kappa shape index (κ2) is 5.56. The second-order valence-corrected chi connectivity index (χ2v) is 6.55. The van der Waals surface area contributed by atoms with Gasteiger partial charge in [0.2, 0.25) is 0 Å². The number of carbonyl (C=O) groups excluding carboxylic acids is 1. The van der Waals surface area contributed by atoms with Gasteiger partial charge in [-0.2, -0.15) is 0 Å². The maximum Gasteiger partial charge on any atom is 0.266 e. The topological polar surface area (TPSA) is 55.6 Å². The fourth-order valence-corrected chi connectivity index (χ4v) is 3.61. The van der Waals surface area contributed by atoms with Gasteiger partial charge in [0.25, 0.3) is 5.91 Å². The van der Waals surface area contributed by atoms with Crippen LogP contribution in [-0.2, 0) is 0 Å². The Hall–Kier alpha value is -1.75. The third-order valence-electron chi connectivity index (χ3n) is 3.97. The van der Waals surface area contributed by atoms with Crippen LogP contribution in [0.3, 0.4) is 0 Å². The molecule has 0 bridgehead atoms. The third-order valence-corrected chi connectivity index (χ3v) is 5.13. The fourth-order valence-electron chi connectivity index (χ4n) is 2.49. The summed E-state index contributed by atoms with van der Waals surface area (Å²) >= 11 is 1.46. The molecule has 21 heavy (non-hydrogen) atoms. The highest BCUT2D eigenvalue weighted by Gasteiger charge is 2.28. The summed E-state index contributed by atoms with van der Waals surface area (Å²) < 4.78 is 6.23. The Bertz CT molecular complexity index is 676. The van der Waals surface area contributed by atoms with E-state index in [2.05, 4.69) is 0 Å². The number of carbonyl (C=O) groups is 1. The molecule has 1 heterocycles. The highest BCUT2D eigenvalue weighted by molar-refractivity contribution is 7.21. The first kappa shape index (κ1) is 14.2. The monoisotopic (exact) mass is 304 g/mol. The lowest BCUT2D eigenvalue weighted by molar-refractivity contribution is 0.0763. The normalized spacial score (nSPS) is 14.4. The number of ether oxygens (including phenoxy) is 1. The quantitative estimate of drug-likeness (QED) is 0.921. The van der Waals surface area contributed by atoms with Crippen LogP contribution >= 0.6 is 11.3 Å². The highest BCUT2D eigenvalue weighted by atomic mass is 32.1. The van der Waals surface area contributed by atoms with E-state index in [4.69, 9.17) is 10.5 Å². The maximum absolute atomic E-state index is 12.7. The van der Waals surface area contributed by atoms with Crippen molar-refractivity contribution in [1.82, 2.24) is 4.90 Å². The van der Waals surface area contributed by atoms with Crippen LogP contribution in [0.25, 0.3) is 10.1 Å². The molecular formula is C16H20N2O2S. The molecular weight excluding hydrogens is 284 g/mol. The summed E-state index contributed by atoms with van der Waals surface area (Å²) in [6, 6.07) is 5.74. The van der Waals surface area contributed by atoms with Crippen LogP contribution in [0, 0.1) is 5.92 Å². The SMILES string of the molecule is CCN(CC1CC1)C(=O)c1sc2cc(OC)ccc2c1N. The van der Waals surface area contributed by atoms with Gasteiger partial charge in [-0.15, -0.1) is 11.3 Å². The predicted molar refractivity (Wildman–Crippen MR) is 87.1 cm³/mol. The Morgan fingerprint density at radius 2 is 2.24 bits per heavy atom. The zero-order valence-corrected chi connectivity index (χ0v) is 13.2. The summed E-state index contributed by atoms with van der Waals surface area (Å²) in [6.45, 7) is 3.60. The molecule has 1 aliphatic carbocycles. The number of hydrogen-bond acceptors (Lipinski definition) is 4.